The standard InChI is InChI=1S/C23H19BrINO4/c1-2-29-21(28)12-30-23-18(9-14(24)10-19(23)25)17-11-20(27)26-22-15-6-4-3-5-13(15)7-8-16(17)22/h3-10,17H,2,11-12H2,1H3,(H,26,27). The van der Waals surface area contributed by atoms with Crippen LogP contribution in [0.5, 0.6) is 5.75 Å². The van der Waals surface area contributed by atoms with Gasteiger partial charge in [0.1, 0.15) is 5.75 Å². The van der Waals surface area contributed by atoms with E-state index in [2.05, 4.69) is 56.0 Å². The van der Waals surface area contributed by atoms with Gasteiger partial charge in [-0.2, -0.15) is 0 Å². The zero-order chi connectivity index (χ0) is 21.3. The predicted molar refractivity (Wildman–Crippen MR) is 128 cm³/mol. The van der Waals surface area contributed by atoms with Crippen molar-refractivity contribution in [2.75, 3.05) is 18.5 Å². The molecule has 0 spiro atoms. The Morgan fingerprint density at radius 1 is 1.20 bits per heavy atom. The van der Waals surface area contributed by atoms with E-state index in [0.717, 1.165) is 35.6 Å². The van der Waals surface area contributed by atoms with Crippen molar-refractivity contribution in [3.63, 3.8) is 0 Å². The molecule has 154 valence electrons. The van der Waals surface area contributed by atoms with E-state index < -0.39 is 5.97 Å². The summed E-state index contributed by atoms with van der Waals surface area (Å²) in [6.45, 7) is 1.88. The molecule has 1 unspecified atom stereocenters. The molecule has 30 heavy (non-hydrogen) atoms. The lowest BCUT2D eigenvalue weighted by molar-refractivity contribution is -0.145. The van der Waals surface area contributed by atoms with Gasteiger partial charge in [0.25, 0.3) is 0 Å². The lowest BCUT2D eigenvalue weighted by atomic mass is 9.83. The van der Waals surface area contributed by atoms with Crippen LogP contribution >= 0.6 is 38.5 Å². The molecule has 0 saturated carbocycles. The second-order valence-corrected chi connectivity index (χ2v) is 9.03. The summed E-state index contributed by atoms with van der Waals surface area (Å²) in [5.41, 5.74) is 2.73. The molecule has 1 N–H and O–H groups in total. The van der Waals surface area contributed by atoms with Crippen molar-refractivity contribution < 1.29 is 19.1 Å². The molecular formula is C23H19BrINO4. The first-order chi connectivity index (χ1) is 14.5. The first-order valence-corrected chi connectivity index (χ1v) is 11.4. The molecule has 0 fully saturated rings. The maximum atomic E-state index is 12.6. The topological polar surface area (TPSA) is 64.6 Å². The summed E-state index contributed by atoms with van der Waals surface area (Å²) in [7, 11) is 0. The number of carbonyl (C=O) groups is 2. The van der Waals surface area contributed by atoms with Crippen LogP contribution in [-0.4, -0.2) is 25.1 Å². The number of carbonyl (C=O) groups excluding carboxylic acids is 2. The van der Waals surface area contributed by atoms with Gasteiger partial charge in [-0.1, -0.05) is 52.3 Å². The summed E-state index contributed by atoms with van der Waals surface area (Å²) >= 11 is 5.75. The molecule has 7 heteroatoms. The van der Waals surface area contributed by atoms with Gasteiger partial charge in [-0.05, 0) is 52.6 Å². The van der Waals surface area contributed by atoms with Crippen LogP contribution in [0.25, 0.3) is 10.8 Å². The highest BCUT2D eigenvalue weighted by Gasteiger charge is 2.31. The van der Waals surface area contributed by atoms with Crippen molar-refractivity contribution in [1.82, 2.24) is 0 Å². The smallest absolute Gasteiger partial charge is 0.344 e. The van der Waals surface area contributed by atoms with E-state index in [1.54, 1.807) is 6.92 Å². The highest BCUT2D eigenvalue weighted by atomic mass is 127. The maximum Gasteiger partial charge on any atom is 0.344 e. The summed E-state index contributed by atoms with van der Waals surface area (Å²) in [5.74, 6) is -0.0580. The molecule has 1 aliphatic rings. The highest BCUT2D eigenvalue weighted by molar-refractivity contribution is 14.1. The molecule has 1 aliphatic heterocycles. The second-order valence-electron chi connectivity index (χ2n) is 6.96. The quantitative estimate of drug-likeness (QED) is 0.315. The van der Waals surface area contributed by atoms with Crippen molar-refractivity contribution in [2.24, 2.45) is 0 Å². The third-order valence-electron chi connectivity index (χ3n) is 5.04. The molecule has 0 bridgehead atoms. The fourth-order valence-electron chi connectivity index (χ4n) is 3.81. The number of anilines is 1. The average Bonchev–Trinajstić information content (AvgIpc) is 2.72. The Bertz CT molecular complexity index is 1150. The van der Waals surface area contributed by atoms with E-state index in [-0.39, 0.29) is 18.4 Å². The zero-order valence-corrected chi connectivity index (χ0v) is 19.9. The van der Waals surface area contributed by atoms with Crippen LogP contribution in [0.3, 0.4) is 0 Å². The van der Waals surface area contributed by atoms with Crippen molar-refractivity contribution in [3.05, 3.63) is 67.7 Å². The maximum absolute atomic E-state index is 12.6. The van der Waals surface area contributed by atoms with E-state index in [0.29, 0.717) is 18.8 Å². The fourth-order valence-corrected chi connectivity index (χ4v) is 5.51. The number of hydrogen-bond donors (Lipinski definition) is 1. The van der Waals surface area contributed by atoms with Crippen molar-refractivity contribution >= 4 is 66.9 Å². The molecule has 0 aromatic heterocycles. The monoisotopic (exact) mass is 579 g/mol. The Balaban J connectivity index is 1.82. The van der Waals surface area contributed by atoms with Gasteiger partial charge in [0.15, 0.2) is 6.61 Å². The first-order valence-electron chi connectivity index (χ1n) is 9.56. The molecule has 1 heterocycles. The van der Waals surface area contributed by atoms with Gasteiger partial charge < -0.3 is 14.8 Å². The molecule has 0 radical (unpaired) electrons. The van der Waals surface area contributed by atoms with Crippen LogP contribution < -0.4 is 10.1 Å². The molecule has 4 rings (SSSR count). The number of rotatable bonds is 5. The normalized spacial score (nSPS) is 15.4. The Morgan fingerprint density at radius 3 is 2.80 bits per heavy atom. The average molecular weight is 580 g/mol. The largest absolute Gasteiger partial charge is 0.480 e. The molecular weight excluding hydrogens is 561 g/mol. The predicted octanol–water partition coefficient (Wildman–Crippen LogP) is 5.62. The molecule has 0 aliphatic carbocycles. The van der Waals surface area contributed by atoms with Crippen LogP contribution in [0.1, 0.15) is 30.4 Å². The van der Waals surface area contributed by atoms with Crippen molar-refractivity contribution in [3.8, 4) is 5.75 Å². The molecule has 1 amide bonds. The third-order valence-corrected chi connectivity index (χ3v) is 6.30. The van der Waals surface area contributed by atoms with Gasteiger partial charge in [0, 0.05) is 27.8 Å². The summed E-state index contributed by atoms with van der Waals surface area (Å²) in [6.07, 6.45) is 0.299. The number of amides is 1. The van der Waals surface area contributed by atoms with Crippen LogP contribution in [0.15, 0.2) is 53.0 Å². The van der Waals surface area contributed by atoms with Crippen molar-refractivity contribution in [2.45, 2.75) is 19.3 Å². The summed E-state index contributed by atoms with van der Waals surface area (Å²) < 4.78 is 12.6. The van der Waals surface area contributed by atoms with Crippen LogP contribution in [-0.2, 0) is 14.3 Å². The zero-order valence-electron chi connectivity index (χ0n) is 16.2. The minimum atomic E-state index is -0.421. The molecule has 5 nitrogen and oxygen atoms in total. The minimum absolute atomic E-state index is 0.0461. The number of fused-ring (bicyclic) bond motifs is 3. The molecule has 3 aromatic rings. The van der Waals surface area contributed by atoms with Gasteiger partial charge >= 0.3 is 5.97 Å². The fraction of sp³-hybridized carbons (Fsp3) is 0.217. The Hall–Kier alpha value is -2.13. The van der Waals surface area contributed by atoms with Gasteiger partial charge in [0.2, 0.25) is 5.91 Å². The molecule has 0 saturated heterocycles. The third kappa shape index (κ3) is 4.18. The molecule has 3 aromatic carbocycles. The Kier molecular flexibility index (Phi) is 6.29. The van der Waals surface area contributed by atoms with Gasteiger partial charge in [-0.15, -0.1) is 0 Å². The number of benzene rings is 3. The van der Waals surface area contributed by atoms with Crippen molar-refractivity contribution in [1.29, 1.82) is 0 Å². The van der Waals surface area contributed by atoms with Gasteiger partial charge in [-0.25, -0.2) is 4.79 Å². The van der Waals surface area contributed by atoms with E-state index >= 15 is 0 Å². The number of hydrogen-bond acceptors (Lipinski definition) is 4. The van der Waals surface area contributed by atoms with Gasteiger partial charge in [0.05, 0.1) is 15.9 Å². The summed E-state index contributed by atoms with van der Waals surface area (Å²) in [5, 5.41) is 5.13. The van der Waals surface area contributed by atoms with Crippen LogP contribution in [0.4, 0.5) is 5.69 Å². The van der Waals surface area contributed by atoms with E-state index in [1.807, 2.05) is 36.4 Å². The highest BCUT2D eigenvalue weighted by Crippen LogP contribution is 2.45. The number of nitrogens with one attached hydrogen (secondary N) is 1. The van der Waals surface area contributed by atoms with Crippen LogP contribution in [0, 0.1) is 3.57 Å². The Morgan fingerprint density at radius 2 is 2.00 bits per heavy atom. The van der Waals surface area contributed by atoms with E-state index in [9.17, 15) is 9.59 Å². The summed E-state index contributed by atoms with van der Waals surface area (Å²) in [6, 6.07) is 16.0. The number of ether oxygens (including phenoxy) is 2. The van der Waals surface area contributed by atoms with E-state index in [4.69, 9.17) is 9.47 Å². The minimum Gasteiger partial charge on any atom is -0.480 e. The summed E-state index contributed by atoms with van der Waals surface area (Å²) in [4.78, 5) is 24.5. The lowest BCUT2D eigenvalue weighted by Crippen LogP contribution is -2.24. The van der Waals surface area contributed by atoms with Crippen LogP contribution in [0.2, 0.25) is 0 Å². The number of esters is 1. The SMILES string of the molecule is CCOC(=O)COc1c(I)cc(Br)cc1C1CC(=O)Nc2c1ccc1ccccc21. The second kappa shape index (κ2) is 8.93. The molecule has 1 atom stereocenters. The first kappa shape index (κ1) is 21.1. The lowest BCUT2D eigenvalue weighted by Gasteiger charge is -2.29. The Labute approximate surface area is 196 Å². The number of halogens is 2. The van der Waals surface area contributed by atoms with Gasteiger partial charge in [-0.3, -0.25) is 4.79 Å². The van der Waals surface area contributed by atoms with E-state index in [1.165, 1.54) is 0 Å².